The minimum absolute atomic E-state index is 0.00758. The predicted molar refractivity (Wildman–Crippen MR) is 94.7 cm³/mol. The summed E-state index contributed by atoms with van der Waals surface area (Å²) in [7, 11) is 2.00. The molecule has 0 aliphatic heterocycles. The maximum Gasteiger partial charge on any atom is 0.224 e. The zero-order valence-electron chi connectivity index (χ0n) is 13.5. The fraction of sp³-hybridized carbons (Fsp3) is 0.150. The molecule has 0 aliphatic rings. The first-order valence-corrected chi connectivity index (χ1v) is 7.98. The summed E-state index contributed by atoms with van der Waals surface area (Å²) in [5, 5.41) is 5.12. The van der Waals surface area contributed by atoms with Gasteiger partial charge < -0.3 is 14.3 Å². The number of fused-ring (bicyclic) bond motifs is 2. The molecular weight excluding hydrogens is 300 g/mol. The number of amides is 1. The molecule has 24 heavy (non-hydrogen) atoms. The lowest BCUT2D eigenvalue weighted by molar-refractivity contribution is -0.120. The van der Waals surface area contributed by atoms with Gasteiger partial charge in [-0.25, -0.2) is 0 Å². The van der Waals surface area contributed by atoms with Crippen LogP contribution in [0.1, 0.15) is 11.3 Å². The van der Waals surface area contributed by atoms with Gasteiger partial charge in [0.1, 0.15) is 11.3 Å². The maximum atomic E-state index is 12.3. The molecule has 1 amide bonds. The molecule has 0 saturated carbocycles. The number of hydrogen-bond acceptors (Lipinski definition) is 2. The van der Waals surface area contributed by atoms with Gasteiger partial charge in [0.05, 0.1) is 13.0 Å². The lowest BCUT2D eigenvalue weighted by Crippen LogP contribution is -2.24. The summed E-state index contributed by atoms with van der Waals surface area (Å²) >= 11 is 0. The Labute approximate surface area is 139 Å². The summed E-state index contributed by atoms with van der Waals surface area (Å²) in [6, 6.07) is 17.9. The molecule has 0 spiro atoms. The third-order valence-electron chi connectivity index (χ3n) is 4.27. The Morgan fingerprint density at radius 3 is 2.79 bits per heavy atom. The highest BCUT2D eigenvalue weighted by Gasteiger charge is 2.11. The van der Waals surface area contributed by atoms with E-state index in [9.17, 15) is 4.79 Å². The first kappa shape index (κ1) is 14.6. The number of hydrogen-bond donors (Lipinski definition) is 1. The number of para-hydroxylation sites is 2. The Morgan fingerprint density at radius 2 is 1.92 bits per heavy atom. The van der Waals surface area contributed by atoms with Crippen LogP contribution in [0.2, 0.25) is 0 Å². The van der Waals surface area contributed by atoms with Crippen molar-refractivity contribution in [3.63, 3.8) is 0 Å². The van der Waals surface area contributed by atoms with Gasteiger partial charge in [0, 0.05) is 29.5 Å². The van der Waals surface area contributed by atoms with E-state index in [0.717, 1.165) is 33.2 Å². The second kappa shape index (κ2) is 5.89. The van der Waals surface area contributed by atoms with E-state index in [2.05, 4.69) is 22.0 Å². The van der Waals surface area contributed by atoms with Crippen LogP contribution in [0.5, 0.6) is 0 Å². The molecule has 0 radical (unpaired) electrons. The average molecular weight is 318 g/mol. The first-order valence-electron chi connectivity index (χ1n) is 7.98. The van der Waals surface area contributed by atoms with Crippen LogP contribution in [0.3, 0.4) is 0 Å². The minimum Gasteiger partial charge on any atom is -0.459 e. The van der Waals surface area contributed by atoms with Crippen LogP contribution in [0.15, 0.2) is 65.2 Å². The highest BCUT2D eigenvalue weighted by molar-refractivity contribution is 5.89. The molecule has 0 fully saturated rings. The van der Waals surface area contributed by atoms with Crippen molar-refractivity contribution in [2.24, 2.45) is 7.05 Å². The number of furan rings is 1. The zero-order chi connectivity index (χ0) is 16.5. The molecule has 4 rings (SSSR count). The molecule has 4 heteroatoms. The SMILES string of the molecule is Cn1cc(CC(=O)NCc2cc3ccccc3o2)c2ccccc21. The lowest BCUT2D eigenvalue weighted by Gasteiger charge is -2.02. The molecule has 0 unspecified atom stereocenters. The van der Waals surface area contributed by atoms with E-state index in [0.29, 0.717) is 13.0 Å². The normalized spacial score (nSPS) is 11.2. The molecule has 0 bridgehead atoms. The van der Waals surface area contributed by atoms with Crippen molar-refractivity contribution in [2.45, 2.75) is 13.0 Å². The second-order valence-corrected chi connectivity index (χ2v) is 5.99. The molecule has 2 aromatic heterocycles. The number of carbonyl (C=O) groups excluding carboxylic acids is 1. The van der Waals surface area contributed by atoms with E-state index in [1.54, 1.807) is 0 Å². The topological polar surface area (TPSA) is 47.2 Å². The van der Waals surface area contributed by atoms with Gasteiger partial charge in [-0.15, -0.1) is 0 Å². The quantitative estimate of drug-likeness (QED) is 0.622. The van der Waals surface area contributed by atoms with Gasteiger partial charge in [-0.3, -0.25) is 4.79 Å². The van der Waals surface area contributed by atoms with Crippen molar-refractivity contribution in [1.29, 1.82) is 0 Å². The van der Waals surface area contributed by atoms with Crippen molar-refractivity contribution < 1.29 is 9.21 Å². The average Bonchev–Trinajstić information content (AvgIpc) is 3.15. The summed E-state index contributed by atoms with van der Waals surface area (Å²) in [6.45, 7) is 0.401. The second-order valence-electron chi connectivity index (χ2n) is 5.99. The standard InChI is InChI=1S/C20H18N2O2/c1-22-13-15(17-7-3-4-8-18(17)22)11-20(23)21-12-16-10-14-6-2-5-9-19(14)24-16/h2-10,13H,11-12H2,1H3,(H,21,23). The predicted octanol–water partition coefficient (Wildman–Crippen LogP) is 3.78. The van der Waals surface area contributed by atoms with Gasteiger partial charge in [-0.05, 0) is 23.8 Å². The van der Waals surface area contributed by atoms with Gasteiger partial charge in [-0.1, -0.05) is 36.4 Å². The number of benzene rings is 2. The third-order valence-corrected chi connectivity index (χ3v) is 4.27. The largest absolute Gasteiger partial charge is 0.459 e. The summed E-state index contributed by atoms with van der Waals surface area (Å²) in [5.74, 6) is 0.759. The van der Waals surface area contributed by atoms with Crippen LogP contribution in [-0.2, 0) is 24.8 Å². The Kier molecular flexibility index (Phi) is 3.58. The van der Waals surface area contributed by atoms with Crippen molar-refractivity contribution in [2.75, 3.05) is 0 Å². The van der Waals surface area contributed by atoms with Gasteiger partial charge in [0.15, 0.2) is 0 Å². The number of aromatic nitrogens is 1. The number of carbonyl (C=O) groups is 1. The smallest absolute Gasteiger partial charge is 0.224 e. The Hall–Kier alpha value is -3.01. The monoisotopic (exact) mass is 318 g/mol. The fourth-order valence-electron chi connectivity index (χ4n) is 3.11. The van der Waals surface area contributed by atoms with E-state index in [1.165, 1.54) is 0 Å². The highest BCUT2D eigenvalue weighted by Crippen LogP contribution is 2.21. The molecule has 1 N–H and O–H groups in total. The highest BCUT2D eigenvalue weighted by atomic mass is 16.3. The Bertz CT molecular complexity index is 993. The van der Waals surface area contributed by atoms with Gasteiger partial charge >= 0.3 is 0 Å². The fourth-order valence-corrected chi connectivity index (χ4v) is 3.11. The van der Waals surface area contributed by atoms with Crippen LogP contribution in [-0.4, -0.2) is 10.5 Å². The molecule has 4 nitrogen and oxygen atoms in total. The maximum absolute atomic E-state index is 12.3. The molecule has 2 aromatic carbocycles. The van der Waals surface area contributed by atoms with Crippen molar-refractivity contribution >= 4 is 27.8 Å². The molecule has 0 atom stereocenters. The molecule has 120 valence electrons. The van der Waals surface area contributed by atoms with Crippen molar-refractivity contribution in [3.05, 3.63) is 72.1 Å². The number of rotatable bonds is 4. The molecule has 2 heterocycles. The lowest BCUT2D eigenvalue weighted by atomic mass is 10.1. The summed E-state index contributed by atoms with van der Waals surface area (Å²) in [5.41, 5.74) is 3.02. The van der Waals surface area contributed by atoms with Gasteiger partial charge in [-0.2, -0.15) is 0 Å². The number of nitrogens with one attached hydrogen (secondary N) is 1. The summed E-state index contributed by atoms with van der Waals surface area (Å²) < 4.78 is 7.78. The van der Waals surface area contributed by atoms with Gasteiger partial charge in [0.25, 0.3) is 0 Å². The van der Waals surface area contributed by atoms with Crippen LogP contribution in [0, 0.1) is 0 Å². The van der Waals surface area contributed by atoms with E-state index >= 15 is 0 Å². The summed E-state index contributed by atoms with van der Waals surface area (Å²) in [6.07, 6.45) is 2.38. The molecule has 4 aromatic rings. The molecule has 0 aliphatic carbocycles. The first-order chi connectivity index (χ1) is 11.7. The number of nitrogens with zero attached hydrogens (tertiary/aromatic N) is 1. The van der Waals surface area contributed by atoms with Crippen LogP contribution < -0.4 is 5.32 Å². The van der Waals surface area contributed by atoms with Crippen molar-refractivity contribution in [1.82, 2.24) is 9.88 Å². The van der Waals surface area contributed by atoms with E-state index in [-0.39, 0.29) is 5.91 Å². The Morgan fingerprint density at radius 1 is 1.12 bits per heavy atom. The molecular formula is C20H18N2O2. The zero-order valence-corrected chi connectivity index (χ0v) is 13.5. The molecule has 0 saturated heterocycles. The van der Waals surface area contributed by atoms with E-state index in [4.69, 9.17) is 4.42 Å². The van der Waals surface area contributed by atoms with Crippen LogP contribution in [0.4, 0.5) is 0 Å². The summed E-state index contributed by atoms with van der Waals surface area (Å²) in [4.78, 5) is 12.3. The van der Waals surface area contributed by atoms with E-state index in [1.807, 2.05) is 55.7 Å². The minimum atomic E-state index is -0.00758. The van der Waals surface area contributed by atoms with Crippen LogP contribution >= 0.6 is 0 Å². The van der Waals surface area contributed by atoms with Gasteiger partial charge in [0.2, 0.25) is 5.91 Å². The van der Waals surface area contributed by atoms with Crippen molar-refractivity contribution in [3.8, 4) is 0 Å². The van der Waals surface area contributed by atoms with E-state index < -0.39 is 0 Å². The number of aryl methyl sites for hydroxylation is 1. The van der Waals surface area contributed by atoms with Crippen LogP contribution in [0.25, 0.3) is 21.9 Å². The third kappa shape index (κ3) is 2.67. The Balaban J connectivity index is 1.46.